The van der Waals surface area contributed by atoms with Gasteiger partial charge in [-0.1, -0.05) is 36.4 Å². The molecule has 3 aromatic rings. The van der Waals surface area contributed by atoms with Crippen LogP contribution in [0.1, 0.15) is 11.1 Å². The predicted octanol–water partition coefficient (Wildman–Crippen LogP) is 2.01. The second kappa shape index (κ2) is 8.46. The number of hydrogen-bond acceptors (Lipinski definition) is 8. The number of anilines is 1. The van der Waals surface area contributed by atoms with Gasteiger partial charge in [0.25, 0.3) is 5.91 Å². The van der Waals surface area contributed by atoms with Gasteiger partial charge in [0, 0.05) is 18.7 Å². The molecule has 35 heavy (non-hydrogen) atoms. The Morgan fingerprint density at radius 2 is 1.60 bits per heavy atom. The van der Waals surface area contributed by atoms with E-state index in [2.05, 4.69) is 9.97 Å². The first-order valence-corrected chi connectivity index (χ1v) is 10.9. The lowest BCUT2D eigenvalue weighted by molar-refractivity contribution is -0.178. The van der Waals surface area contributed by atoms with E-state index in [0.717, 1.165) is 11.1 Å². The number of nitrogens with zero attached hydrogens (tertiary/aromatic N) is 4. The van der Waals surface area contributed by atoms with Gasteiger partial charge in [-0.15, -0.1) is 0 Å². The highest BCUT2D eigenvalue weighted by molar-refractivity contribution is 6.04. The molecule has 3 heterocycles. The first-order chi connectivity index (χ1) is 16.9. The minimum absolute atomic E-state index is 0.0755. The monoisotopic (exact) mass is 476 g/mol. The van der Waals surface area contributed by atoms with Crippen LogP contribution in [-0.2, 0) is 15.1 Å². The molecule has 10 nitrogen and oxygen atoms in total. The van der Waals surface area contributed by atoms with E-state index < -0.39 is 11.6 Å². The molecule has 180 valence electrons. The summed E-state index contributed by atoms with van der Waals surface area (Å²) in [7, 11) is 6.17. The molecular weight excluding hydrogens is 452 g/mol. The number of likely N-dealkylation sites (N-methyl/N-ethyl adjacent to an activating group) is 1. The van der Waals surface area contributed by atoms with Crippen molar-refractivity contribution in [3.8, 4) is 23.5 Å². The molecule has 5 rings (SSSR count). The van der Waals surface area contributed by atoms with Gasteiger partial charge in [0.1, 0.15) is 17.8 Å². The molecule has 0 spiro atoms. The fourth-order valence-corrected chi connectivity index (χ4v) is 4.71. The third-order valence-corrected chi connectivity index (χ3v) is 6.45. The number of hydrogen-bond donors (Lipinski definition) is 0. The highest BCUT2D eigenvalue weighted by Crippen LogP contribution is 2.53. The summed E-state index contributed by atoms with van der Waals surface area (Å²) in [5, 5.41) is 0. The fraction of sp³-hybridized carbons (Fsp3) is 0.280. The second-order valence-corrected chi connectivity index (χ2v) is 8.13. The SMILES string of the molecule is COc1ccc2c(c1)N(C)C(=O)CN1C(=O)C(Oc3nc(OC)cc(OC)n3)C21c1ccccc1. The highest BCUT2D eigenvalue weighted by Gasteiger charge is 2.66. The zero-order valence-corrected chi connectivity index (χ0v) is 19.7. The largest absolute Gasteiger partial charge is 0.497 e. The normalized spacial score (nSPS) is 20.9. The second-order valence-electron chi connectivity index (χ2n) is 8.13. The van der Waals surface area contributed by atoms with Crippen LogP contribution in [0.15, 0.2) is 54.6 Å². The molecule has 1 fully saturated rings. The first kappa shape index (κ1) is 22.5. The molecule has 2 aliphatic rings. The summed E-state index contributed by atoms with van der Waals surface area (Å²) in [6.07, 6.45) is -1.05. The van der Waals surface area contributed by atoms with Gasteiger partial charge >= 0.3 is 6.01 Å². The number of benzene rings is 2. The summed E-state index contributed by atoms with van der Waals surface area (Å²) in [4.78, 5) is 38.2. The molecule has 2 amide bonds. The van der Waals surface area contributed by atoms with E-state index in [0.29, 0.717) is 11.4 Å². The fourth-order valence-electron chi connectivity index (χ4n) is 4.71. The average molecular weight is 476 g/mol. The van der Waals surface area contributed by atoms with Crippen molar-refractivity contribution in [1.82, 2.24) is 14.9 Å². The maximum absolute atomic E-state index is 13.5. The van der Waals surface area contributed by atoms with Gasteiger partial charge in [0.15, 0.2) is 0 Å². The first-order valence-electron chi connectivity index (χ1n) is 10.9. The Balaban J connectivity index is 1.73. The van der Waals surface area contributed by atoms with Crippen LogP contribution in [0.5, 0.6) is 23.5 Å². The van der Waals surface area contributed by atoms with Crippen molar-refractivity contribution in [2.75, 3.05) is 39.8 Å². The molecule has 0 saturated carbocycles. The summed E-state index contributed by atoms with van der Waals surface area (Å²) in [6.45, 7) is -0.122. The van der Waals surface area contributed by atoms with Crippen molar-refractivity contribution < 1.29 is 28.5 Å². The molecule has 0 radical (unpaired) electrons. The Hall–Kier alpha value is -4.34. The third kappa shape index (κ3) is 3.32. The molecule has 2 aromatic carbocycles. The number of β-lactam (4-membered cyclic amide) rings is 1. The number of carbonyl (C=O) groups excluding carboxylic acids is 2. The molecule has 0 aliphatic carbocycles. The summed E-state index contributed by atoms with van der Waals surface area (Å²) in [6, 6.07) is 16.4. The highest BCUT2D eigenvalue weighted by atomic mass is 16.5. The van der Waals surface area contributed by atoms with Crippen LogP contribution in [0.3, 0.4) is 0 Å². The standard InChI is InChI=1S/C25H24N4O6/c1-28-18-12-16(32-2)10-11-17(18)25(15-8-6-5-7-9-15)22(23(31)29(25)14-21(28)30)35-24-26-19(33-3)13-20(27-24)34-4/h5-13,22H,14H2,1-4H3. The maximum atomic E-state index is 13.5. The molecular formula is C25H24N4O6. The Morgan fingerprint density at radius 3 is 2.23 bits per heavy atom. The van der Waals surface area contributed by atoms with Crippen LogP contribution >= 0.6 is 0 Å². The van der Waals surface area contributed by atoms with Crippen molar-refractivity contribution in [3.63, 3.8) is 0 Å². The van der Waals surface area contributed by atoms with E-state index >= 15 is 0 Å². The van der Waals surface area contributed by atoms with Crippen LogP contribution in [0.4, 0.5) is 5.69 Å². The van der Waals surface area contributed by atoms with Crippen LogP contribution in [0, 0.1) is 0 Å². The Labute approximate surface area is 202 Å². The Kier molecular flexibility index (Phi) is 5.43. The lowest BCUT2D eigenvalue weighted by Crippen LogP contribution is -2.74. The molecule has 10 heteroatoms. The van der Waals surface area contributed by atoms with Crippen molar-refractivity contribution in [2.45, 2.75) is 11.6 Å². The number of aromatic nitrogens is 2. The van der Waals surface area contributed by atoms with Gasteiger partial charge in [-0.05, 0) is 11.6 Å². The van der Waals surface area contributed by atoms with E-state index in [1.807, 2.05) is 36.4 Å². The zero-order valence-electron chi connectivity index (χ0n) is 19.7. The van der Waals surface area contributed by atoms with Crippen LogP contribution in [0.25, 0.3) is 0 Å². The van der Waals surface area contributed by atoms with E-state index in [1.165, 1.54) is 25.2 Å². The molecule has 0 bridgehead atoms. The van der Waals surface area contributed by atoms with Crippen LogP contribution in [0.2, 0.25) is 0 Å². The molecule has 2 unspecified atom stereocenters. The molecule has 1 saturated heterocycles. The van der Waals surface area contributed by atoms with Crippen molar-refractivity contribution in [1.29, 1.82) is 0 Å². The quantitative estimate of drug-likeness (QED) is 0.498. The summed E-state index contributed by atoms with van der Waals surface area (Å²) < 4.78 is 22.1. The van der Waals surface area contributed by atoms with E-state index in [4.69, 9.17) is 18.9 Å². The lowest BCUT2D eigenvalue weighted by Gasteiger charge is -2.55. The van der Waals surface area contributed by atoms with Gasteiger partial charge < -0.3 is 28.7 Å². The molecule has 1 aromatic heterocycles. The van der Waals surface area contributed by atoms with Gasteiger partial charge in [0.2, 0.25) is 23.8 Å². The predicted molar refractivity (Wildman–Crippen MR) is 125 cm³/mol. The number of ether oxygens (including phenoxy) is 4. The minimum Gasteiger partial charge on any atom is -0.497 e. The van der Waals surface area contributed by atoms with Gasteiger partial charge in [-0.3, -0.25) is 9.59 Å². The summed E-state index contributed by atoms with van der Waals surface area (Å²) >= 11 is 0. The Bertz CT molecular complexity index is 1280. The van der Waals surface area contributed by atoms with Crippen molar-refractivity contribution in [2.24, 2.45) is 0 Å². The number of carbonyl (C=O) groups is 2. The van der Waals surface area contributed by atoms with E-state index in [9.17, 15) is 9.59 Å². The van der Waals surface area contributed by atoms with Crippen LogP contribution in [-0.4, -0.2) is 67.7 Å². The Morgan fingerprint density at radius 1 is 0.914 bits per heavy atom. The topological polar surface area (TPSA) is 103 Å². The maximum Gasteiger partial charge on any atom is 0.323 e. The number of fused-ring (bicyclic) bond motifs is 3. The molecule has 2 atom stereocenters. The zero-order chi connectivity index (χ0) is 24.7. The van der Waals surface area contributed by atoms with Crippen molar-refractivity contribution in [3.05, 3.63) is 65.7 Å². The van der Waals surface area contributed by atoms with E-state index in [-0.39, 0.29) is 36.1 Å². The number of methoxy groups -OCH3 is 3. The molecule has 0 N–H and O–H groups in total. The summed E-state index contributed by atoms with van der Waals surface area (Å²) in [5.41, 5.74) is 1.01. The smallest absolute Gasteiger partial charge is 0.323 e. The van der Waals surface area contributed by atoms with E-state index in [1.54, 1.807) is 31.2 Å². The number of rotatable bonds is 6. The lowest BCUT2D eigenvalue weighted by atomic mass is 9.69. The number of amides is 2. The van der Waals surface area contributed by atoms with Gasteiger partial charge in [-0.25, -0.2) is 0 Å². The van der Waals surface area contributed by atoms with Crippen molar-refractivity contribution >= 4 is 17.5 Å². The molecule has 2 aliphatic heterocycles. The minimum atomic E-state index is -1.11. The third-order valence-electron chi connectivity index (χ3n) is 6.45. The summed E-state index contributed by atoms with van der Waals surface area (Å²) in [5.74, 6) is 0.451. The van der Waals surface area contributed by atoms with Gasteiger partial charge in [-0.2, -0.15) is 9.97 Å². The van der Waals surface area contributed by atoms with Gasteiger partial charge in [0.05, 0.1) is 33.1 Å². The average Bonchev–Trinajstić information content (AvgIpc) is 2.99. The van der Waals surface area contributed by atoms with Crippen LogP contribution < -0.4 is 23.8 Å².